The Kier molecular flexibility index (Phi) is 48.8. The molecule has 0 unspecified atom stereocenters. The lowest BCUT2D eigenvalue weighted by Crippen LogP contribution is -2.47. The molecule has 582 valence electrons. The summed E-state index contributed by atoms with van der Waals surface area (Å²) in [7, 11) is 0. The van der Waals surface area contributed by atoms with Gasteiger partial charge in [0.15, 0.2) is 0 Å². The summed E-state index contributed by atoms with van der Waals surface area (Å²) < 4.78 is 33.4. The number of halogens is 2. The molecule has 26 nitrogen and oxygen atoms in total. The number of nitrogens with two attached hydrogens (primary N) is 2. The zero-order chi connectivity index (χ0) is 74.5. The van der Waals surface area contributed by atoms with Gasteiger partial charge in [0.25, 0.3) is 0 Å². The Balaban J connectivity index is -0.00000112. The summed E-state index contributed by atoms with van der Waals surface area (Å²) in [5.41, 5.74) is 11.6. The van der Waals surface area contributed by atoms with Crippen LogP contribution in [0.15, 0.2) is 60.7 Å². The number of hydrogen-bond donors (Lipinski definition) is 6. The van der Waals surface area contributed by atoms with Crippen LogP contribution in [0, 0.1) is 0 Å². The standard InChI is InChI=1S/C17H26N2O2.C12H22N2O3.C12H18N2.C10H20N2O2.C10H18O5.C7H14N2O.C4H6O3.CH4.2ClH/c1-17(2,3)21-16(20)18-15-9-11-19(12-10-15)13-14-7-5-4-6-8-14;1-9(15)14-7-5-10(6-8-14)13-11(16)17-12(2,3)4;13-12-6-8-14(9-7-12)10-11-4-2-1-3-5-11;1-10(2,3)14-9(13)12-8-4-6-11-7-5-8;1-9(2,3)14-7(11)13-8(12)15-10(4,5)6;1-6(10)9-4-2-7(8)3-5-9;1-3(5)7-4(2)6;;;/h4-8,15H,9-13H2,1-3H3,(H,18,20);10H,5-8H2,1-4H3,(H,13,16);1-5,12H,6-10,13H2;8,11H,4-7H2,1-3H3,(H,12,13);1-6H3;7H,2-5,8H2,1H3;1-2H3;1H4;2*1H. The number of nitrogens with zero attached hydrogens (tertiary/aromatic N) is 4. The average molecular weight is 1470 g/mol. The molecule has 0 bridgehead atoms. The maximum Gasteiger partial charge on any atom is 0.519 e. The van der Waals surface area contributed by atoms with Crippen molar-refractivity contribution in [2.75, 3.05) is 65.4 Å². The van der Waals surface area contributed by atoms with E-state index in [9.17, 15) is 43.2 Å². The van der Waals surface area contributed by atoms with Crippen LogP contribution >= 0.6 is 24.8 Å². The number of benzene rings is 2. The summed E-state index contributed by atoms with van der Waals surface area (Å²) >= 11 is 0. The van der Waals surface area contributed by atoms with E-state index in [1.54, 1.807) is 60.3 Å². The molecule has 2 aromatic rings. The largest absolute Gasteiger partial charge is 0.519 e. The van der Waals surface area contributed by atoms with E-state index in [1.807, 2.05) is 73.3 Å². The first kappa shape index (κ1) is 98.6. The highest BCUT2D eigenvalue weighted by molar-refractivity contribution is 5.86. The minimum atomic E-state index is -1.06. The Hall–Kier alpha value is -6.55. The van der Waals surface area contributed by atoms with Crippen LogP contribution in [0.4, 0.5) is 24.0 Å². The van der Waals surface area contributed by atoms with Gasteiger partial charge in [-0.05, 0) is 205 Å². The van der Waals surface area contributed by atoms with E-state index in [0.29, 0.717) is 25.2 Å². The van der Waals surface area contributed by atoms with E-state index in [2.05, 4.69) is 95.1 Å². The molecule has 0 aliphatic carbocycles. The summed E-state index contributed by atoms with van der Waals surface area (Å²) in [5, 5.41) is 11.9. The molecule has 0 radical (unpaired) electrons. The maximum absolute atomic E-state index is 11.8. The first-order chi connectivity index (χ1) is 45.3. The van der Waals surface area contributed by atoms with Gasteiger partial charge < -0.3 is 75.7 Å². The zero-order valence-corrected chi connectivity index (χ0v) is 65.1. The highest BCUT2D eigenvalue weighted by Crippen LogP contribution is 2.18. The van der Waals surface area contributed by atoms with Gasteiger partial charge in [-0.2, -0.15) is 0 Å². The third-order valence-electron chi connectivity index (χ3n) is 14.4. The summed E-state index contributed by atoms with van der Waals surface area (Å²) in [5.74, 6) is -0.854. The Morgan fingerprint density at radius 2 is 0.653 bits per heavy atom. The van der Waals surface area contributed by atoms with Crippen molar-refractivity contribution in [1.82, 2.24) is 40.9 Å². The second kappa shape index (κ2) is 50.0. The Morgan fingerprint density at radius 3 is 0.921 bits per heavy atom. The molecule has 5 heterocycles. The molecule has 5 saturated heterocycles. The van der Waals surface area contributed by atoms with Crippen LogP contribution in [0.1, 0.15) is 214 Å². The number of nitrogens with one attached hydrogen (secondary N) is 4. The van der Waals surface area contributed by atoms with Crippen LogP contribution in [0.3, 0.4) is 0 Å². The van der Waals surface area contributed by atoms with Gasteiger partial charge in [-0.15, -0.1) is 24.8 Å². The maximum atomic E-state index is 11.8. The highest BCUT2D eigenvalue weighted by atomic mass is 35.5. The van der Waals surface area contributed by atoms with Crippen molar-refractivity contribution >= 4 is 79.2 Å². The Bertz CT molecular complexity index is 2630. The number of alkyl carbamates (subject to hydrolysis) is 3. The van der Waals surface area contributed by atoms with Gasteiger partial charge in [0.05, 0.1) is 0 Å². The van der Waals surface area contributed by atoms with Crippen molar-refractivity contribution in [2.24, 2.45) is 11.5 Å². The van der Waals surface area contributed by atoms with Crippen LogP contribution in [0.25, 0.3) is 0 Å². The number of ether oxygens (including phenoxy) is 7. The van der Waals surface area contributed by atoms with E-state index >= 15 is 0 Å². The first-order valence-corrected chi connectivity index (χ1v) is 34.4. The average Bonchev–Trinajstić information content (AvgIpc) is 0.899. The van der Waals surface area contributed by atoms with Crippen LogP contribution in [-0.2, 0) is 65.4 Å². The second-order valence-electron chi connectivity index (χ2n) is 29.8. The molecule has 0 aromatic heterocycles. The lowest BCUT2D eigenvalue weighted by molar-refractivity contribution is -0.156. The molecule has 5 amide bonds. The summed E-state index contributed by atoms with van der Waals surface area (Å²) in [6, 6.07) is 22.5. The molecule has 0 saturated carbocycles. The molecular formula is C73H130Cl2N10O16. The molecule has 0 spiro atoms. The van der Waals surface area contributed by atoms with E-state index in [1.165, 1.54) is 25.0 Å². The number of piperidine rings is 5. The van der Waals surface area contributed by atoms with E-state index in [-0.39, 0.29) is 80.5 Å². The number of carbonyl (C=O) groups is 9. The number of esters is 2. The van der Waals surface area contributed by atoms with E-state index in [0.717, 1.165) is 130 Å². The van der Waals surface area contributed by atoms with Crippen LogP contribution in [0.5, 0.6) is 0 Å². The molecule has 7 rings (SSSR count). The lowest BCUT2D eigenvalue weighted by Gasteiger charge is -2.32. The number of hydrogen-bond acceptors (Lipinski definition) is 21. The molecule has 5 aliphatic rings. The van der Waals surface area contributed by atoms with Crippen LogP contribution in [-0.4, -0.2) is 198 Å². The normalized spacial score (nSPS) is 16.4. The lowest BCUT2D eigenvalue weighted by atomic mass is 10.0. The molecule has 101 heavy (non-hydrogen) atoms. The zero-order valence-electron chi connectivity index (χ0n) is 63.5. The molecule has 2 aromatic carbocycles. The molecule has 8 N–H and O–H groups in total. The smallest absolute Gasteiger partial charge is 0.444 e. The summed E-state index contributed by atoms with van der Waals surface area (Å²) in [6.07, 6.45) is 6.62. The second-order valence-corrected chi connectivity index (χ2v) is 29.8. The SMILES string of the molecule is C.CC(=O)N1CCC(N)CC1.CC(=O)N1CCC(NC(=O)OC(C)(C)C)CC1.CC(=O)OC(C)=O.CC(C)(C)OC(=O)NC1CCN(Cc2ccccc2)CC1.CC(C)(C)OC(=O)NC1CCNCC1.CC(C)(C)OC(=O)OC(=O)OC(C)(C)C.Cl.Cl.NC1CCN(Cc2ccccc2)CC1. The van der Waals surface area contributed by atoms with Crippen molar-refractivity contribution in [3.05, 3.63) is 71.8 Å². The highest BCUT2D eigenvalue weighted by Gasteiger charge is 2.28. The Morgan fingerprint density at radius 1 is 0.396 bits per heavy atom. The van der Waals surface area contributed by atoms with Gasteiger partial charge in [0.2, 0.25) is 11.8 Å². The third kappa shape index (κ3) is 55.7. The molecule has 0 atom stereocenters. The topological polar surface area (TPSA) is 331 Å². The van der Waals surface area contributed by atoms with Gasteiger partial charge in [-0.1, -0.05) is 68.1 Å². The van der Waals surface area contributed by atoms with Crippen LogP contribution in [0.2, 0.25) is 0 Å². The quantitative estimate of drug-likeness (QED) is 0.0852. The third-order valence-corrected chi connectivity index (χ3v) is 14.4. The van der Waals surface area contributed by atoms with Gasteiger partial charge in [-0.3, -0.25) is 29.0 Å². The first-order valence-electron chi connectivity index (χ1n) is 34.4. The molecular weight excluding hydrogens is 1340 g/mol. The summed E-state index contributed by atoms with van der Waals surface area (Å²) in [6.45, 7) is 43.8. The van der Waals surface area contributed by atoms with Crippen molar-refractivity contribution in [3.63, 3.8) is 0 Å². The summed E-state index contributed by atoms with van der Waals surface area (Å²) in [4.78, 5) is 107. The van der Waals surface area contributed by atoms with Crippen molar-refractivity contribution < 1.29 is 76.3 Å². The van der Waals surface area contributed by atoms with Crippen molar-refractivity contribution in [1.29, 1.82) is 0 Å². The van der Waals surface area contributed by atoms with Gasteiger partial charge in [-0.25, -0.2) is 24.0 Å². The van der Waals surface area contributed by atoms with Gasteiger partial charge >= 0.3 is 42.5 Å². The predicted molar refractivity (Wildman–Crippen MR) is 400 cm³/mol. The fraction of sp³-hybridized carbons (Fsp3) is 0.712. The van der Waals surface area contributed by atoms with Gasteiger partial charge in [0.1, 0.15) is 28.0 Å². The van der Waals surface area contributed by atoms with Crippen LogP contribution < -0.4 is 32.7 Å². The number of rotatable bonds is 7. The molecule has 5 fully saturated rings. The fourth-order valence-corrected chi connectivity index (χ4v) is 9.78. The molecule has 5 aliphatic heterocycles. The number of amides is 5. The monoisotopic (exact) mass is 1470 g/mol. The number of carbonyl (C=O) groups excluding carboxylic acids is 9. The Labute approximate surface area is 616 Å². The minimum Gasteiger partial charge on any atom is -0.444 e. The number of likely N-dealkylation sites (tertiary alicyclic amines) is 4. The van der Waals surface area contributed by atoms with Gasteiger partial charge in [0, 0.05) is 110 Å². The minimum absolute atomic E-state index is 0. The van der Waals surface area contributed by atoms with E-state index < -0.39 is 52.3 Å². The predicted octanol–water partition coefficient (Wildman–Crippen LogP) is 12.0. The van der Waals surface area contributed by atoms with Crippen molar-refractivity contribution in [2.45, 2.75) is 274 Å². The van der Waals surface area contributed by atoms with Crippen molar-refractivity contribution in [3.8, 4) is 0 Å². The van der Waals surface area contributed by atoms with E-state index in [4.69, 9.17) is 35.2 Å². The molecule has 28 heteroatoms. The fourth-order valence-electron chi connectivity index (χ4n) is 9.78.